The molecule has 1 saturated heterocycles. The van der Waals surface area contributed by atoms with Crippen molar-refractivity contribution in [1.82, 2.24) is 5.32 Å². The number of carbonyl (C=O) groups is 2. The van der Waals surface area contributed by atoms with Crippen LogP contribution in [0.25, 0.3) is 0 Å². The molecule has 1 aromatic rings. The SMILES string of the molecule is CC(Cc1ccccc1)C1OC1(C)C(=O)NCC(=O)O. The molecule has 108 valence electrons. The van der Waals surface area contributed by atoms with Crippen LogP contribution in [0.2, 0.25) is 0 Å². The van der Waals surface area contributed by atoms with Crippen LogP contribution in [0.3, 0.4) is 0 Å². The summed E-state index contributed by atoms with van der Waals surface area (Å²) in [6, 6.07) is 10.0. The standard InChI is InChI=1S/C15H19NO4/c1-10(8-11-6-4-3-5-7-11)13-15(2,20-13)14(19)16-9-12(17)18/h3-7,10,13H,8-9H2,1-2H3,(H,16,19)(H,17,18). The maximum absolute atomic E-state index is 11.9. The van der Waals surface area contributed by atoms with Gasteiger partial charge in [0.15, 0.2) is 5.60 Å². The Labute approximate surface area is 117 Å². The number of aliphatic carboxylic acids is 1. The molecule has 5 heteroatoms. The van der Waals surface area contributed by atoms with Gasteiger partial charge in [-0.15, -0.1) is 0 Å². The quantitative estimate of drug-likeness (QED) is 0.766. The van der Waals surface area contributed by atoms with Crippen molar-refractivity contribution in [3.05, 3.63) is 35.9 Å². The molecule has 20 heavy (non-hydrogen) atoms. The van der Waals surface area contributed by atoms with Crippen LogP contribution < -0.4 is 5.32 Å². The van der Waals surface area contributed by atoms with Crippen LogP contribution >= 0.6 is 0 Å². The lowest BCUT2D eigenvalue weighted by atomic mass is 9.91. The Balaban J connectivity index is 1.89. The molecule has 0 bridgehead atoms. The second kappa shape index (κ2) is 5.63. The third-order valence-corrected chi connectivity index (χ3v) is 3.63. The Morgan fingerprint density at radius 1 is 1.40 bits per heavy atom. The minimum absolute atomic E-state index is 0.170. The molecule has 1 heterocycles. The highest BCUT2D eigenvalue weighted by Gasteiger charge is 2.60. The molecular formula is C15H19NO4. The van der Waals surface area contributed by atoms with Crippen molar-refractivity contribution in [3.63, 3.8) is 0 Å². The van der Waals surface area contributed by atoms with Gasteiger partial charge in [-0.2, -0.15) is 0 Å². The molecule has 3 unspecified atom stereocenters. The van der Waals surface area contributed by atoms with Crippen molar-refractivity contribution in [3.8, 4) is 0 Å². The van der Waals surface area contributed by atoms with Crippen molar-refractivity contribution < 1.29 is 19.4 Å². The van der Waals surface area contributed by atoms with Gasteiger partial charge in [0, 0.05) is 0 Å². The van der Waals surface area contributed by atoms with Gasteiger partial charge in [-0.25, -0.2) is 0 Å². The molecular weight excluding hydrogens is 258 g/mol. The summed E-state index contributed by atoms with van der Waals surface area (Å²) < 4.78 is 5.53. The normalized spacial score (nSPS) is 25.8. The summed E-state index contributed by atoms with van der Waals surface area (Å²) in [7, 11) is 0. The van der Waals surface area contributed by atoms with Gasteiger partial charge in [0.1, 0.15) is 6.54 Å². The summed E-state index contributed by atoms with van der Waals surface area (Å²) >= 11 is 0. The summed E-state index contributed by atoms with van der Waals surface area (Å²) in [4.78, 5) is 22.4. The van der Waals surface area contributed by atoms with E-state index in [1.54, 1.807) is 6.92 Å². The molecule has 1 aliphatic heterocycles. The molecule has 1 aromatic carbocycles. The fourth-order valence-electron chi connectivity index (χ4n) is 2.50. The van der Waals surface area contributed by atoms with Crippen LogP contribution in [-0.2, 0) is 20.7 Å². The van der Waals surface area contributed by atoms with E-state index in [1.165, 1.54) is 5.56 Å². The van der Waals surface area contributed by atoms with Crippen molar-refractivity contribution in [1.29, 1.82) is 0 Å². The first kappa shape index (κ1) is 14.5. The van der Waals surface area contributed by atoms with E-state index in [2.05, 4.69) is 5.32 Å². The maximum Gasteiger partial charge on any atom is 0.322 e. The van der Waals surface area contributed by atoms with Crippen LogP contribution in [0, 0.1) is 5.92 Å². The van der Waals surface area contributed by atoms with E-state index in [0.717, 1.165) is 6.42 Å². The lowest BCUT2D eigenvalue weighted by molar-refractivity contribution is -0.138. The average Bonchev–Trinajstić information content (AvgIpc) is 3.11. The number of ether oxygens (including phenoxy) is 1. The second-order valence-corrected chi connectivity index (χ2v) is 5.39. The van der Waals surface area contributed by atoms with Crippen LogP contribution in [0.5, 0.6) is 0 Å². The lowest BCUT2D eigenvalue weighted by Crippen LogP contribution is -2.40. The smallest absolute Gasteiger partial charge is 0.322 e. The van der Waals surface area contributed by atoms with E-state index in [-0.39, 0.29) is 24.5 Å². The highest BCUT2D eigenvalue weighted by molar-refractivity contribution is 5.90. The Bertz CT molecular complexity index is 502. The molecule has 0 aliphatic carbocycles. The number of rotatable bonds is 6. The molecule has 5 nitrogen and oxygen atoms in total. The number of epoxide rings is 1. The summed E-state index contributed by atoms with van der Waals surface area (Å²) in [5, 5.41) is 10.9. The Kier molecular flexibility index (Phi) is 4.09. The van der Waals surface area contributed by atoms with Gasteiger partial charge in [-0.3, -0.25) is 9.59 Å². The molecule has 1 fully saturated rings. The molecule has 2 N–H and O–H groups in total. The van der Waals surface area contributed by atoms with Gasteiger partial charge < -0.3 is 15.2 Å². The van der Waals surface area contributed by atoms with E-state index in [0.29, 0.717) is 0 Å². The van der Waals surface area contributed by atoms with E-state index in [4.69, 9.17) is 9.84 Å². The molecule has 0 spiro atoms. The summed E-state index contributed by atoms with van der Waals surface area (Å²) in [5.41, 5.74) is 0.299. The van der Waals surface area contributed by atoms with Gasteiger partial charge in [-0.1, -0.05) is 37.3 Å². The topological polar surface area (TPSA) is 78.9 Å². The number of hydrogen-bond acceptors (Lipinski definition) is 3. The van der Waals surface area contributed by atoms with Gasteiger partial charge in [-0.05, 0) is 24.8 Å². The number of carboxylic acid groups (broad SMARTS) is 1. The van der Waals surface area contributed by atoms with Crippen molar-refractivity contribution in [2.45, 2.75) is 32.0 Å². The van der Waals surface area contributed by atoms with Crippen LogP contribution in [0.15, 0.2) is 30.3 Å². The molecule has 0 saturated carbocycles. The minimum atomic E-state index is -1.06. The lowest BCUT2D eigenvalue weighted by Gasteiger charge is -2.11. The zero-order valence-electron chi connectivity index (χ0n) is 11.6. The van der Waals surface area contributed by atoms with E-state index in [9.17, 15) is 9.59 Å². The fourth-order valence-corrected chi connectivity index (χ4v) is 2.50. The molecule has 0 radical (unpaired) electrons. The zero-order valence-corrected chi connectivity index (χ0v) is 11.6. The number of hydrogen-bond donors (Lipinski definition) is 2. The van der Waals surface area contributed by atoms with Crippen molar-refractivity contribution in [2.75, 3.05) is 6.54 Å². The maximum atomic E-state index is 11.9. The van der Waals surface area contributed by atoms with E-state index < -0.39 is 11.6 Å². The molecule has 2 rings (SSSR count). The van der Waals surface area contributed by atoms with Crippen molar-refractivity contribution >= 4 is 11.9 Å². The number of carboxylic acids is 1. The summed E-state index contributed by atoms with van der Waals surface area (Å²) in [6.07, 6.45) is 0.657. The fraction of sp³-hybridized carbons (Fsp3) is 0.467. The predicted octanol–water partition coefficient (Wildman–Crippen LogP) is 1.22. The first-order chi connectivity index (χ1) is 9.43. The van der Waals surface area contributed by atoms with Crippen molar-refractivity contribution in [2.24, 2.45) is 5.92 Å². The average molecular weight is 277 g/mol. The Morgan fingerprint density at radius 2 is 2.05 bits per heavy atom. The first-order valence-corrected chi connectivity index (χ1v) is 6.65. The number of amides is 1. The number of carbonyl (C=O) groups excluding carboxylic acids is 1. The third-order valence-electron chi connectivity index (χ3n) is 3.63. The van der Waals surface area contributed by atoms with Gasteiger partial charge in [0.05, 0.1) is 6.10 Å². The van der Waals surface area contributed by atoms with Crippen LogP contribution in [0.1, 0.15) is 19.4 Å². The predicted molar refractivity (Wildman–Crippen MR) is 73.2 cm³/mol. The highest BCUT2D eigenvalue weighted by Crippen LogP contribution is 2.42. The minimum Gasteiger partial charge on any atom is -0.480 e. The first-order valence-electron chi connectivity index (χ1n) is 6.65. The van der Waals surface area contributed by atoms with E-state index in [1.807, 2.05) is 37.3 Å². The van der Waals surface area contributed by atoms with Gasteiger partial charge >= 0.3 is 5.97 Å². The van der Waals surface area contributed by atoms with Crippen LogP contribution in [0.4, 0.5) is 0 Å². The second-order valence-electron chi connectivity index (χ2n) is 5.39. The third kappa shape index (κ3) is 3.17. The molecule has 1 aliphatic rings. The Hall–Kier alpha value is -1.88. The number of nitrogens with one attached hydrogen (secondary N) is 1. The number of benzene rings is 1. The largest absolute Gasteiger partial charge is 0.480 e. The van der Waals surface area contributed by atoms with Gasteiger partial charge in [0.25, 0.3) is 5.91 Å². The zero-order chi connectivity index (χ0) is 14.8. The van der Waals surface area contributed by atoms with E-state index >= 15 is 0 Å². The molecule has 0 aromatic heterocycles. The highest BCUT2D eigenvalue weighted by atomic mass is 16.6. The molecule has 1 amide bonds. The summed E-state index contributed by atoms with van der Waals surface area (Å²) in [6.45, 7) is 3.36. The monoisotopic (exact) mass is 277 g/mol. The van der Waals surface area contributed by atoms with Gasteiger partial charge in [0.2, 0.25) is 0 Å². The molecule has 3 atom stereocenters. The Morgan fingerprint density at radius 3 is 2.65 bits per heavy atom. The van der Waals surface area contributed by atoms with Crippen LogP contribution in [-0.4, -0.2) is 35.2 Å². The summed E-state index contributed by atoms with van der Waals surface area (Å²) in [5.74, 6) is -1.22.